The van der Waals surface area contributed by atoms with E-state index in [1.165, 1.54) is 11.1 Å². The van der Waals surface area contributed by atoms with Gasteiger partial charge in [0.05, 0.1) is 5.56 Å². The Morgan fingerprint density at radius 2 is 1.67 bits per heavy atom. The molecule has 21 heavy (non-hydrogen) atoms. The average Bonchev–Trinajstić information content (AvgIpc) is 3.11. The predicted molar refractivity (Wildman–Crippen MR) is 77.0 cm³/mol. The van der Waals surface area contributed by atoms with Crippen LogP contribution in [0.3, 0.4) is 0 Å². The number of anilines is 1. The molecule has 0 unspecified atom stereocenters. The summed E-state index contributed by atoms with van der Waals surface area (Å²) < 4.78 is 10.6. The smallest absolute Gasteiger partial charge is 0.256 e. The van der Waals surface area contributed by atoms with Gasteiger partial charge < -0.3 is 20.1 Å². The van der Waals surface area contributed by atoms with Crippen molar-refractivity contribution in [2.24, 2.45) is 0 Å². The molecule has 0 saturated heterocycles. The van der Waals surface area contributed by atoms with Crippen LogP contribution in [0.4, 0.5) is 5.69 Å². The Morgan fingerprint density at radius 3 is 2.33 bits per heavy atom. The van der Waals surface area contributed by atoms with Crippen LogP contribution in [0.2, 0.25) is 0 Å². The summed E-state index contributed by atoms with van der Waals surface area (Å²) >= 11 is 0. The normalized spacial score (nSPS) is 15.1. The highest BCUT2D eigenvalue weighted by molar-refractivity contribution is 6.00. The second-order valence-electron chi connectivity index (χ2n) is 5.22. The maximum atomic E-state index is 12.7. The summed E-state index contributed by atoms with van der Waals surface area (Å²) in [6.45, 7) is 1.40. The molecule has 5 nitrogen and oxygen atoms in total. The van der Waals surface area contributed by atoms with Crippen molar-refractivity contribution in [3.05, 3.63) is 53.1 Å². The van der Waals surface area contributed by atoms with Gasteiger partial charge in [-0.2, -0.15) is 0 Å². The molecule has 4 rings (SSSR count). The molecule has 0 aliphatic carbocycles. The molecule has 0 bridgehead atoms. The molecule has 2 aromatic rings. The second-order valence-corrected chi connectivity index (χ2v) is 5.22. The Kier molecular flexibility index (Phi) is 2.54. The Hall–Kier alpha value is -2.69. The molecule has 2 aromatic carbocycles. The highest BCUT2D eigenvalue weighted by Gasteiger charge is 2.27. The van der Waals surface area contributed by atoms with Crippen LogP contribution >= 0.6 is 0 Å². The van der Waals surface area contributed by atoms with Gasteiger partial charge >= 0.3 is 0 Å². The number of fused-ring (bicyclic) bond motifs is 2. The summed E-state index contributed by atoms with van der Waals surface area (Å²) in [4.78, 5) is 14.5. The standard InChI is InChI=1S/C16H14N2O3/c17-13-6-15-14(20-9-21-15)5-12(13)16(19)18-7-10-3-1-2-4-11(10)8-18/h1-6H,7-9,17H2. The third-order valence-corrected chi connectivity index (χ3v) is 3.90. The van der Waals surface area contributed by atoms with Gasteiger partial charge in [-0.1, -0.05) is 24.3 Å². The Bertz CT molecular complexity index is 717. The maximum absolute atomic E-state index is 12.7. The molecule has 0 aromatic heterocycles. The van der Waals surface area contributed by atoms with Gasteiger partial charge in [0.2, 0.25) is 6.79 Å². The molecular formula is C16H14N2O3. The lowest BCUT2D eigenvalue weighted by atomic mass is 10.1. The number of carbonyl (C=O) groups is 1. The number of carbonyl (C=O) groups excluding carboxylic acids is 1. The zero-order chi connectivity index (χ0) is 14.4. The summed E-state index contributed by atoms with van der Waals surface area (Å²) in [5.41, 5.74) is 9.24. The minimum absolute atomic E-state index is 0.0815. The molecule has 2 aliphatic heterocycles. The van der Waals surface area contributed by atoms with Crippen LogP contribution in [0.1, 0.15) is 21.5 Å². The molecule has 0 atom stereocenters. The van der Waals surface area contributed by atoms with Crippen molar-refractivity contribution >= 4 is 11.6 Å². The van der Waals surface area contributed by atoms with E-state index in [0.29, 0.717) is 35.8 Å². The fourth-order valence-electron chi connectivity index (χ4n) is 2.79. The number of amides is 1. The number of rotatable bonds is 1. The molecule has 5 heteroatoms. The van der Waals surface area contributed by atoms with Crippen molar-refractivity contribution < 1.29 is 14.3 Å². The van der Waals surface area contributed by atoms with E-state index in [1.807, 2.05) is 24.3 Å². The molecule has 2 heterocycles. The molecule has 2 aliphatic rings. The van der Waals surface area contributed by atoms with Crippen molar-refractivity contribution in [3.63, 3.8) is 0 Å². The summed E-state index contributed by atoms with van der Waals surface area (Å²) in [5, 5.41) is 0. The van der Waals surface area contributed by atoms with E-state index < -0.39 is 0 Å². The van der Waals surface area contributed by atoms with E-state index in [-0.39, 0.29) is 12.7 Å². The summed E-state index contributed by atoms with van der Waals surface area (Å²) in [6.07, 6.45) is 0. The van der Waals surface area contributed by atoms with E-state index >= 15 is 0 Å². The van der Waals surface area contributed by atoms with E-state index in [9.17, 15) is 4.79 Å². The minimum Gasteiger partial charge on any atom is -0.454 e. The molecule has 0 fully saturated rings. The Morgan fingerprint density at radius 1 is 1.05 bits per heavy atom. The van der Waals surface area contributed by atoms with Gasteiger partial charge in [0.1, 0.15) is 0 Å². The number of hydrogen-bond donors (Lipinski definition) is 1. The average molecular weight is 282 g/mol. The van der Waals surface area contributed by atoms with Crippen LogP contribution in [-0.4, -0.2) is 17.6 Å². The second kappa shape index (κ2) is 4.41. The first-order chi connectivity index (χ1) is 10.2. The van der Waals surface area contributed by atoms with Gasteiger partial charge in [-0.25, -0.2) is 0 Å². The fourth-order valence-corrected chi connectivity index (χ4v) is 2.79. The first kappa shape index (κ1) is 12.1. The van der Waals surface area contributed by atoms with Gasteiger partial charge in [0, 0.05) is 24.8 Å². The van der Waals surface area contributed by atoms with Gasteiger partial charge in [-0.3, -0.25) is 4.79 Å². The zero-order valence-electron chi connectivity index (χ0n) is 11.3. The van der Waals surface area contributed by atoms with Crippen LogP contribution < -0.4 is 15.2 Å². The third-order valence-electron chi connectivity index (χ3n) is 3.90. The number of benzene rings is 2. The van der Waals surface area contributed by atoms with Crippen molar-refractivity contribution in [3.8, 4) is 11.5 Å². The minimum atomic E-state index is -0.0815. The highest BCUT2D eigenvalue weighted by Crippen LogP contribution is 2.37. The summed E-state index contributed by atoms with van der Waals surface area (Å²) in [5.74, 6) is 1.08. The molecule has 0 spiro atoms. The number of hydrogen-bond acceptors (Lipinski definition) is 4. The first-order valence-corrected chi connectivity index (χ1v) is 6.77. The fraction of sp³-hybridized carbons (Fsp3) is 0.188. The lowest BCUT2D eigenvalue weighted by molar-refractivity contribution is 0.0752. The molecule has 2 N–H and O–H groups in total. The Labute approximate surface area is 121 Å². The zero-order valence-corrected chi connectivity index (χ0v) is 11.3. The molecule has 0 saturated carbocycles. The molecule has 0 radical (unpaired) electrons. The summed E-state index contributed by atoms with van der Waals surface area (Å²) in [7, 11) is 0. The molecular weight excluding hydrogens is 268 g/mol. The van der Waals surface area contributed by atoms with E-state index in [0.717, 1.165) is 0 Å². The number of nitrogens with zero attached hydrogens (tertiary/aromatic N) is 1. The largest absolute Gasteiger partial charge is 0.454 e. The third kappa shape index (κ3) is 1.89. The van der Waals surface area contributed by atoms with Crippen LogP contribution in [0, 0.1) is 0 Å². The van der Waals surface area contributed by atoms with E-state index in [2.05, 4.69) is 0 Å². The van der Waals surface area contributed by atoms with Crippen molar-refractivity contribution in [1.82, 2.24) is 4.90 Å². The number of nitrogens with two attached hydrogens (primary N) is 1. The van der Waals surface area contributed by atoms with Gasteiger partial charge in [-0.05, 0) is 17.2 Å². The van der Waals surface area contributed by atoms with Gasteiger partial charge in [0.15, 0.2) is 11.5 Å². The van der Waals surface area contributed by atoms with Crippen LogP contribution in [0.5, 0.6) is 11.5 Å². The van der Waals surface area contributed by atoms with Gasteiger partial charge in [0.25, 0.3) is 5.91 Å². The van der Waals surface area contributed by atoms with Crippen LogP contribution in [0.15, 0.2) is 36.4 Å². The van der Waals surface area contributed by atoms with E-state index in [1.54, 1.807) is 17.0 Å². The van der Waals surface area contributed by atoms with E-state index in [4.69, 9.17) is 15.2 Å². The highest BCUT2D eigenvalue weighted by atomic mass is 16.7. The topological polar surface area (TPSA) is 64.8 Å². The first-order valence-electron chi connectivity index (χ1n) is 6.77. The lowest BCUT2D eigenvalue weighted by Crippen LogP contribution is -2.26. The predicted octanol–water partition coefficient (Wildman–Crippen LogP) is 2.15. The van der Waals surface area contributed by atoms with Gasteiger partial charge in [-0.15, -0.1) is 0 Å². The number of nitrogen functional groups attached to an aromatic ring is 1. The maximum Gasteiger partial charge on any atom is 0.256 e. The van der Waals surface area contributed by atoms with Crippen LogP contribution in [0.25, 0.3) is 0 Å². The molecule has 106 valence electrons. The van der Waals surface area contributed by atoms with Crippen molar-refractivity contribution in [2.75, 3.05) is 12.5 Å². The Balaban J connectivity index is 1.65. The number of ether oxygens (including phenoxy) is 2. The lowest BCUT2D eigenvalue weighted by Gasteiger charge is -2.17. The van der Waals surface area contributed by atoms with Crippen molar-refractivity contribution in [2.45, 2.75) is 13.1 Å². The molecule has 1 amide bonds. The quantitative estimate of drug-likeness (QED) is 0.814. The monoisotopic (exact) mass is 282 g/mol. The van der Waals surface area contributed by atoms with Crippen LogP contribution in [-0.2, 0) is 13.1 Å². The summed E-state index contributed by atoms with van der Waals surface area (Å²) in [6, 6.07) is 11.4. The van der Waals surface area contributed by atoms with Crippen molar-refractivity contribution in [1.29, 1.82) is 0 Å². The SMILES string of the molecule is Nc1cc2c(cc1C(=O)N1Cc3ccccc3C1)OCO2.